The molecule has 0 saturated carbocycles. The summed E-state index contributed by atoms with van der Waals surface area (Å²) < 4.78 is 23.1. The second-order valence-electron chi connectivity index (χ2n) is 4.30. The number of hydrogen-bond donors (Lipinski definition) is 3. The van der Waals surface area contributed by atoms with Crippen LogP contribution in [0.25, 0.3) is 0 Å². The van der Waals surface area contributed by atoms with E-state index in [1.165, 1.54) is 48.5 Å². The van der Waals surface area contributed by atoms with Gasteiger partial charge in [-0.05, 0) is 30.3 Å². The van der Waals surface area contributed by atoms with Crippen molar-refractivity contribution in [1.82, 2.24) is 0 Å². The van der Waals surface area contributed by atoms with Gasteiger partial charge in [0, 0.05) is 40.5 Å². The number of nitrogens with zero attached hydrogens (tertiary/aromatic N) is 1. The van der Waals surface area contributed by atoms with Crippen LogP contribution in [0.2, 0.25) is 0 Å². The molecular weight excluding hydrogens is 324 g/mol. The van der Waals surface area contributed by atoms with Crippen LogP contribution in [-0.2, 0) is 11.3 Å². The Balaban J connectivity index is 1.98. The van der Waals surface area contributed by atoms with Crippen LogP contribution in [0.4, 0.5) is 27.5 Å². The molecule has 10 heteroatoms. The highest BCUT2D eigenvalue weighted by Gasteiger charge is 2.08. The number of rotatable bonds is 5. The van der Waals surface area contributed by atoms with E-state index in [9.17, 15) is 23.7 Å². The van der Waals surface area contributed by atoms with Gasteiger partial charge in [-0.15, -0.1) is 0 Å². The normalized spacial score (nSPS) is 11.3. The summed E-state index contributed by atoms with van der Waals surface area (Å²) in [7, 11) is 0. The first-order valence-electron chi connectivity index (χ1n) is 6.22. The summed E-state index contributed by atoms with van der Waals surface area (Å²) in [6.07, 6.45) is 0. The van der Waals surface area contributed by atoms with Crippen LogP contribution < -0.4 is 15.4 Å². The van der Waals surface area contributed by atoms with Crippen molar-refractivity contribution < 1.29 is 18.5 Å². The van der Waals surface area contributed by atoms with Gasteiger partial charge in [0.05, 0.1) is 4.92 Å². The topological polar surface area (TPSA) is 136 Å². The van der Waals surface area contributed by atoms with Gasteiger partial charge in [0.2, 0.25) is 0 Å². The first kappa shape index (κ1) is 16.4. The van der Waals surface area contributed by atoms with Crippen LogP contribution >= 0.6 is 0 Å². The zero-order valence-corrected chi connectivity index (χ0v) is 12.3. The molecule has 0 aromatic heterocycles. The van der Waals surface area contributed by atoms with Gasteiger partial charge in [-0.3, -0.25) is 14.3 Å². The van der Waals surface area contributed by atoms with Crippen molar-refractivity contribution >= 4 is 40.0 Å². The summed E-state index contributed by atoms with van der Waals surface area (Å²) in [6.45, 7) is 0. The van der Waals surface area contributed by atoms with Crippen LogP contribution in [0.15, 0.2) is 48.5 Å². The number of amides is 2. The van der Waals surface area contributed by atoms with Crippen LogP contribution in [0.3, 0.4) is 0 Å². The van der Waals surface area contributed by atoms with E-state index in [1.807, 2.05) is 0 Å². The maximum Gasteiger partial charge on any atom is 0.323 e. The highest BCUT2D eigenvalue weighted by Crippen LogP contribution is 2.18. The summed E-state index contributed by atoms with van der Waals surface area (Å²) in [5.74, 6) is 0. The highest BCUT2D eigenvalue weighted by atomic mass is 32.2. The first-order valence-corrected chi connectivity index (χ1v) is 7.30. The fourth-order valence-corrected chi connectivity index (χ4v) is 2.04. The summed E-state index contributed by atoms with van der Waals surface area (Å²) in [6, 6.07) is 10.9. The number of anilines is 3. The molecule has 0 saturated heterocycles. The van der Waals surface area contributed by atoms with Gasteiger partial charge in [-0.1, -0.05) is 6.07 Å². The largest absolute Gasteiger partial charge is 0.755 e. The quantitative estimate of drug-likeness (QED) is 0.438. The zero-order chi connectivity index (χ0) is 16.8. The molecule has 0 fully saturated rings. The van der Waals surface area contributed by atoms with E-state index in [4.69, 9.17) is 0 Å². The zero-order valence-electron chi connectivity index (χ0n) is 11.5. The molecule has 2 aromatic carbocycles. The number of nitro benzene ring substituents is 1. The predicted octanol–water partition coefficient (Wildman–Crippen LogP) is 2.44. The Labute approximate surface area is 133 Å². The van der Waals surface area contributed by atoms with Gasteiger partial charge < -0.3 is 19.9 Å². The molecule has 1 atom stereocenters. The van der Waals surface area contributed by atoms with Crippen LogP contribution in [0.1, 0.15) is 0 Å². The van der Waals surface area contributed by atoms with E-state index in [0.717, 1.165) is 0 Å². The van der Waals surface area contributed by atoms with E-state index in [2.05, 4.69) is 15.4 Å². The minimum atomic E-state index is -2.42. The van der Waals surface area contributed by atoms with E-state index >= 15 is 0 Å². The van der Waals surface area contributed by atoms with E-state index < -0.39 is 22.2 Å². The van der Waals surface area contributed by atoms with Gasteiger partial charge >= 0.3 is 6.03 Å². The molecule has 0 aliphatic rings. The SMILES string of the molecule is O=C(Nc1ccc(NS(=O)[O-])cc1)Nc1cccc([N+](=O)[O-])c1. The lowest BCUT2D eigenvalue weighted by Gasteiger charge is -2.10. The fourth-order valence-electron chi connectivity index (χ4n) is 1.71. The number of hydrogen-bond acceptors (Lipinski definition) is 5. The standard InChI is InChI=1S/C13H12N4O5S/c18-13(15-11-2-1-3-12(8-11)17(19)20)14-9-4-6-10(7-5-9)16-23(21)22/h1-8,16H,(H,21,22)(H2,14,15,18)/p-1. The second kappa shape index (κ2) is 7.33. The Morgan fingerprint density at radius 2 is 1.61 bits per heavy atom. The van der Waals surface area contributed by atoms with E-state index in [0.29, 0.717) is 11.4 Å². The minimum Gasteiger partial charge on any atom is -0.755 e. The first-order chi connectivity index (χ1) is 10.9. The molecule has 0 aliphatic heterocycles. The number of urea groups is 1. The average Bonchev–Trinajstić information content (AvgIpc) is 2.49. The van der Waals surface area contributed by atoms with Gasteiger partial charge in [-0.2, -0.15) is 0 Å². The number of nitro groups is 1. The molecule has 2 amide bonds. The lowest BCUT2D eigenvalue weighted by atomic mass is 10.3. The molecule has 23 heavy (non-hydrogen) atoms. The number of carbonyl (C=O) groups is 1. The molecule has 1 unspecified atom stereocenters. The van der Waals surface area contributed by atoms with Gasteiger partial charge in [-0.25, -0.2) is 4.79 Å². The van der Waals surface area contributed by atoms with Crippen molar-refractivity contribution in [2.24, 2.45) is 0 Å². The Kier molecular flexibility index (Phi) is 5.23. The molecule has 0 radical (unpaired) electrons. The summed E-state index contributed by atoms with van der Waals surface area (Å²) in [5.41, 5.74) is 0.915. The van der Waals surface area contributed by atoms with Crippen molar-refractivity contribution in [2.45, 2.75) is 0 Å². The second-order valence-corrected chi connectivity index (χ2v) is 4.97. The maximum absolute atomic E-state index is 11.8. The van der Waals surface area contributed by atoms with Crippen molar-refractivity contribution in [2.75, 3.05) is 15.4 Å². The average molecular weight is 335 g/mol. The van der Waals surface area contributed by atoms with Crippen molar-refractivity contribution in [3.63, 3.8) is 0 Å². The lowest BCUT2D eigenvalue weighted by molar-refractivity contribution is -0.384. The number of nitrogens with one attached hydrogen (secondary N) is 3. The third kappa shape index (κ3) is 5.05. The molecule has 0 heterocycles. The summed E-state index contributed by atoms with van der Waals surface area (Å²) in [5, 5.41) is 15.6. The number of non-ortho nitro benzene ring substituents is 1. The van der Waals surface area contributed by atoms with Gasteiger partial charge in [0.1, 0.15) is 0 Å². The molecule has 3 N–H and O–H groups in total. The van der Waals surface area contributed by atoms with Crippen molar-refractivity contribution in [1.29, 1.82) is 0 Å². The highest BCUT2D eigenvalue weighted by molar-refractivity contribution is 7.80. The fraction of sp³-hybridized carbons (Fsp3) is 0. The number of carbonyl (C=O) groups excluding carboxylic acids is 1. The van der Waals surface area contributed by atoms with Gasteiger partial charge in [0.15, 0.2) is 0 Å². The van der Waals surface area contributed by atoms with Crippen LogP contribution in [-0.4, -0.2) is 19.7 Å². The van der Waals surface area contributed by atoms with Crippen molar-refractivity contribution in [3.05, 3.63) is 58.6 Å². The maximum atomic E-state index is 11.8. The molecule has 0 aliphatic carbocycles. The third-order valence-electron chi connectivity index (χ3n) is 2.66. The minimum absolute atomic E-state index is 0.135. The Hall–Kier alpha value is -2.98. The smallest absolute Gasteiger partial charge is 0.323 e. The van der Waals surface area contributed by atoms with Crippen molar-refractivity contribution in [3.8, 4) is 0 Å². The molecule has 2 rings (SSSR count). The summed E-state index contributed by atoms with van der Waals surface area (Å²) in [4.78, 5) is 21.9. The molecule has 0 bridgehead atoms. The molecule has 9 nitrogen and oxygen atoms in total. The van der Waals surface area contributed by atoms with E-state index in [-0.39, 0.29) is 11.4 Å². The Bertz CT molecular complexity index is 750. The molecular formula is C13H11N4O5S-. The Morgan fingerprint density at radius 3 is 2.22 bits per heavy atom. The van der Waals surface area contributed by atoms with Crippen LogP contribution in [0.5, 0.6) is 0 Å². The monoisotopic (exact) mass is 335 g/mol. The third-order valence-corrected chi connectivity index (χ3v) is 3.06. The lowest BCUT2D eigenvalue weighted by Crippen LogP contribution is -2.19. The molecule has 0 spiro atoms. The number of benzene rings is 2. The van der Waals surface area contributed by atoms with Crippen LogP contribution in [0, 0.1) is 10.1 Å². The molecule has 120 valence electrons. The molecule has 2 aromatic rings. The summed E-state index contributed by atoms with van der Waals surface area (Å²) >= 11 is -2.42. The van der Waals surface area contributed by atoms with Gasteiger partial charge in [0.25, 0.3) is 5.69 Å². The van der Waals surface area contributed by atoms with E-state index in [1.54, 1.807) is 0 Å². The Morgan fingerprint density at radius 1 is 1.00 bits per heavy atom. The predicted molar refractivity (Wildman–Crippen MR) is 84.7 cm³/mol.